The zero-order chi connectivity index (χ0) is 27.6. The second-order valence-corrected chi connectivity index (χ2v) is 8.79. The highest BCUT2D eigenvalue weighted by Crippen LogP contribution is 2.37. The molecule has 1 aliphatic rings. The predicted octanol–water partition coefficient (Wildman–Crippen LogP) is 4.41. The average Bonchev–Trinajstić information content (AvgIpc) is 3.56. The lowest BCUT2D eigenvalue weighted by atomic mass is 10.0. The fourth-order valence-electron chi connectivity index (χ4n) is 3.60. The second-order valence-electron chi connectivity index (χ2n) is 8.79. The molecular formula is C25H25ClF4N4O5. The smallest absolute Gasteiger partial charge is 0.387 e. The lowest BCUT2D eigenvalue weighted by Gasteiger charge is -2.16. The van der Waals surface area contributed by atoms with Crippen LogP contribution in [0.5, 0.6) is 11.5 Å². The molecule has 39 heavy (non-hydrogen) atoms. The second kappa shape index (κ2) is 12.3. The van der Waals surface area contributed by atoms with E-state index in [1.807, 2.05) is 0 Å². The highest BCUT2D eigenvalue weighted by atomic mass is 35.5. The number of benzene rings is 2. The number of ether oxygens (including phenoxy) is 2. The molecule has 4 rings (SSSR count). The zero-order valence-electron chi connectivity index (χ0n) is 20.5. The monoisotopic (exact) mass is 572 g/mol. The van der Waals surface area contributed by atoms with Gasteiger partial charge in [0.1, 0.15) is 17.7 Å². The van der Waals surface area contributed by atoms with Crippen molar-refractivity contribution in [3.05, 3.63) is 65.1 Å². The molecule has 0 saturated heterocycles. The summed E-state index contributed by atoms with van der Waals surface area (Å²) >= 11 is 0. The summed E-state index contributed by atoms with van der Waals surface area (Å²) < 4.78 is 69.2. The van der Waals surface area contributed by atoms with Gasteiger partial charge in [0, 0.05) is 17.2 Å². The Balaban J connectivity index is 0.00000420. The average molecular weight is 573 g/mol. The number of oxazole rings is 1. The Morgan fingerprint density at radius 3 is 2.46 bits per heavy atom. The van der Waals surface area contributed by atoms with Gasteiger partial charge in [-0.25, -0.2) is 13.8 Å². The lowest BCUT2D eigenvalue weighted by Crippen LogP contribution is -2.38. The van der Waals surface area contributed by atoms with Crippen LogP contribution >= 0.6 is 12.4 Å². The highest BCUT2D eigenvalue weighted by Gasteiger charge is 2.30. The minimum atomic E-state index is -3.07. The third-order valence-corrected chi connectivity index (χ3v) is 5.69. The molecule has 1 unspecified atom stereocenters. The number of amides is 2. The predicted molar refractivity (Wildman–Crippen MR) is 132 cm³/mol. The van der Waals surface area contributed by atoms with E-state index in [0.29, 0.717) is 18.6 Å². The third kappa shape index (κ3) is 7.18. The number of nitrogens with two attached hydrogens (primary N) is 2. The molecule has 1 fully saturated rings. The van der Waals surface area contributed by atoms with Crippen molar-refractivity contribution < 1.29 is 41.0 Å². The van der Waals surface area contributed by atoms with Gasteiger partial charge in [-0.2, -0.15) is 8.78 Å². The summed E-state index contributed by atoms with van der Waals surface area (Å²) in [5.74, 6) is -4.07. The van der Waals surface area contributed by atoms with E-state index < -0.39 is 42.1 Å². The quantitative estimate of drug-likeness (QED) is 0.289. The van der Waals surface area contributed by atoms with Gasteiger partial charge in [-0.3, -0.25) is 9.59 Å². The van der Waals surface area contributed by atoms with Crippen molar-refractivity contribution in [1.29, 1.82) is 0 Å². The Bertz CT molecular complexity index is 1350. The van der Waals surface area contributed by atoms with Gasteiger partial charge < -0.3 is 30.7 Å². The standard InChI is InChI=1S/C25H24F4N4O5.ClH/c1-11(30)21-20(23(35)32-19(22(31)34)15-6-5-14(26)9-16(15)27)33-24(38-21)13-4-7-17(37-25(28)29)18(8-13)36-10-12-2-3-12;/h4-9,11-12,19,25H,2-3,10,30H2,1H3,(H2,31,34)(H,32,35);1H/t11-,19?;/m0./s1. The molecule has 3 aromatic rings. The van der Waals surface area contributed by atoms with Gasteiger partial charge in [0.2, 0.25) is 11.8 Å². The van der Waals surface area contributed by atoms with Crippen LogP contribution in [0.1, 0.15) is 53.7 Å². The topological polar surface area (TPSA) is 143 Å². The first-order valence-corrected chi connectivity index (χ1v) is 11.6. The van der Waals surface area contributed by atoms with Crippen LogP contribution in [-0.2, 0) is 4.79 Å². The molecule has 210 valence electrons. The zero-order valence-corrected chi connectivity index (χ0v) is 21.3. The largest absolute Gasteiger partial charge is 0.489 e. The maximum Gasteiger partial charge on any atom is 0.387 e. The Hall–Kier alpha value is -3.84. The van der Waals surface area contributed by atoms with Crippen LogP contribution in [0.4, 0.5) is 17.6 Å². The molecule has 1 heterocycles. The van der Waals surface area contributed by atoms with Gasteiger partial charge in [0.05, 0.1) is 12.6 Å². The van der Waals surface area contributed by atoms with Crippen molar-refractivity contribution in [3.63, 3.8) is 0 Å². The van der Waals surface area contributed by atoms with Gasteiger partial charge in [0.15, 0.2) is 23.0 Å². The minimum Gasteiger partial charge on any atom is -0.489 e. The van der Waals surface area contributed by atoms with E-state index in [4.69, 9.17) is 20.6 Å². The van der Waals surface area contributed by atoms with E-state index in [0.717, 1.165) is 25.0 Å². The third-order valence-electron chi connectivity index (χ3n) is 5.69. The molecular weight excluding hydrogens is 548 g/mol. The lowest BCUT2D eigenvalue weighted by molar-refractivity contribution is -0.120. The first kappa shape index (κ1) is 29.7. The first-order chi connectivity index (χ1) is 18.0. The van der Waals surface area contributed by atoms with Crippen molar-refractivity contribution in [2.45, 2.75) is 38.5 Å². The molecule has 2 atom stereocenters. The molecule has 5 N–H and O–H groups in total. The van der Waals surface area contributed by atoms with E-state index in [9.17, 15) is 27.2 Å². The van der Waals surface area contributed by atoms with E-state index in [1.54, 1.807) is 0 Å². The number of nitrogens with zero attached hydrogens (tertiary/aromatic N) is 1. The van der Waals surface area contributed by atoms with Gasteiger partial charge in [-0.15, -0.1) is 12.4 Å². The summed E-state index contributed by atoms with van der Waals surface area (Å²) in [6, 6.07) is 3.93. The van der Waals surface area contributed by atoms with Gasteiger partial charge in [-0.1, -0.05) is 6.07 Å². The van der Waals surface area contributed by atoms with Crippen LogP contribution in [0, 0.1) is 17.6 Å². The van der Waals surface area contributed by atoms with Crippen molar-refractivity contribution in [2.75, 3.05) is 6.61 Å². The molecule has 2 amide bonds. The van der Waals surface area contributed by atoms with Crippen LogP contribution in [0.25, 0.3) is 11.5 Å². The Kier molecular flexibility index (Phi) is 9.41. The van der Waals surface area contributed by atoms with Crippen LogP contribution < -0.4 is 26.3 Å². The van der Waals surface area contributed by atoms with Crippen LogP contribution in [0.3, 0.4) is 0 Å². The number of rotatable bonds is 11. The Morgan fingerprint density at radius 1 is 1.15 bits per heavy atom. The fraction of sp³-hybridized carbons (Fsp3) is 0.320. The number of carbonyl (C=O) groups excluding carboxylic acids is 2. The Morgan fingerprint density at radius 2 is 1.87 bits per heavy atom. The Labute approximate surface area is 226 Å². The molecule has 0 bridgehead atoms. The molecule has 1 aliphatic carbocycles. The number of hydrogen-bond acceptors (Lipinski definition) is 7. The number of hydrogen-bond donors (Lipinski definition) is 3. The van der Waals surface area contributed by atoms with Crippen molar-refractivity contribution in [3.8, 4) is 23.0 Å². The molecule has 0 spiro atoms. The molecule has 2 aromatic carbocycles. The van der Waals surface area contributed by atoms with Crippen LogP contribution in [-0.4, -0.2) is 30.0 Å². The van der Waals surface area contributed by atoms with Crippen LogP contribution in [0.2, 0.25) is 0 Å². The van der Waals surface area contributed by atoms with Gasteiger partial charge in [0.25, 0.3) is 5.91 Å². The summed E-state index contributed by atoms with van der Waals surface area (Å²) in [5, 5.41) is 2.27. The van der Waals surface area contributed by atoms with Crippen LogP contribution in [0.15, 0.2) is 40.8 Å². The number of aromatic nitrogens is 1. The van der Waals surface area contributed by atoms with Crippen molar-refractivity contribution in [2.24, 2.45) is 17.4 Å². The van der Waals surface area contributed by atoms with E-state index in [1.165, 1.54) is 25.1 Å². The SMILES string of the molecule is C[C@H](N)c1oc(-c2ccc(OC(F)F)c(OCC3CC3)c2)nc1C(=O)NC(C(N)=O)c1ccc(F)cc1F.Cl. The highest BCUT2D eigenvalue weighted by molar-refractivity contribution is 5.97. The summed E-state index contributed by atoms with van der Waals surface area (Å²) in [4.78, 5) is 29.3. The molecule has 0 radical (unpaired) electrons. The fourth-order valence-corrected chi connectivity index (χ4v) is 3.60. The van der Waals surface area contributed by atoms with Gasteiger partial charge in [-0.05, 0) is 49.9 Å². The van der Waals surface area contributed by atoms with E-state index in [-0.39, 0.29) is 52.4 Å². The van der Waals surface area contributed by atoms with E-state index in [2.05, 4.69) is 15.0 Å². The number of carbonyl (C=O) groups is 2. The molecule has 14 heteroatoms. The minimum absolute atomic E-state index is 0. The molecule has 1 aromatic heterocycles. The molecule has 1 saturated carbocycles. The maximum absolute atomic E-state index is 14.3. The maximum atomic E-state index is 14.3. The number of alkyl halides is 2. The van der Waals surface area contributed by atoms with Crippen molar-refractivity contribution >= 4 is 24.2 Å². The first-order valence-electron chi connectivity index (χ1n) is 11.6. The molecule has 9 nitrogen and oxygen atoms in total. The number of halogens is 5. The molecule has 0 aliphatic heterocycles. The summed E-state index contributed by atoms with van der Waals surface area (Å²) in [6.07, 6.45) is 1.93. The summed E-state index contributed by atoms with van der Waals surface area (Å²) in [6.45, 7) is -1.26. The summed E-state index contributed by atoms with van der Waals surface area (Å²) in [5.41, 5.74) is 10.9. The van der Waals surface area contributed by atoms with E-state index >= 15 is 0 Å². The normalized spacial score (nSPS) is 14.3. The number of primary amides is 1. The van der Waals surface area contributed by atoms with Crippen molar-refractivity contribution in [1.82, 2.24) is 10.3 Å². The summed E-state index contributed by atoms with van der Waals surface area (Å²) in [7, 11) is 0. The number of nitrogens with one attached hydrogen (secondary N) is 1. The van der Waals surface area contributed by atoms with Gasteiger partial charge >= 0.3 is 6.61 Å².